The number of aliphatic hydroxyl groups is 2. The highest BCUT2D eigenvalue weighted by Crippen LogP contribution is 2.62. The maximum Gasteiger partial charge on any atom is 0.169 e. The predicted molar refractivity (Wildman–Crippen MR) is 160 cm³/mol. The van der Waals surface area contributed by atoms with Crippen molar-refractivity contribution in [3.63, 3.8) is 0 Å². The molecular weight excluding hydrogens is 504 g/mol. The molecule has 0 amide bonds. The fraction of sp³-hybridized carbons (Fsp3) is 0.647. The van der Waals surface area contributed by atoms with E-state index in [2.05, 4.69) is 53.7 Å². The fourth-order valence-corrected chi connectivity index (χ4v) is 7.79. The third-order valence-electron chi connectivity index (χ3n) is 11.2. The molecule has 6 nitrogen and oxygen atoms in total. The summed E-state index contributed by atoms with van der Waals surface area (Å²) >= 11 is 0. The SMILES string of the molecule is COc1c([C@@]2(C)CCCC2(C)C)cc(CO)c(-c2c(CO)cc([C@@]3(C)CCCC3(C)C)c(OC)c2OC)c1OC. The van der Waals surface area contributed by atoms with Crippen LogP contribution in [0.2, 0.25) is 0 Å². The highest BCUT2D eigenvalue weighted by molar-refractivity contribution is 5.87. The van der Waals surface area contributed by atoms with Crippen molar-refractivity contribution >= 4 is 0 Å². The van der Waals surface area contributed by atoms with Crippen LogP contribution >= 0.6 is 0 Å². The molecule has 2 saturated carbocycles. The summed E-state index contributed by atoms with van der Waals surface area (Å²) in [5, 5.41) is 21.6. The minimum atomic E-state index is -0.206. The summed E-state index contributed by atoms with van der Waals surface area (Å²) in [5.41, 5.74) is 4.55. The van der Waals surface area contributed by atoms with Crippen molar-refractivity contribution in [1.29, 1.82) is 0 Å². The van der Waals surface area contributed by atoms with Gasteiger partial charge >= 0.3 is 0 Å². The molecule has 2 aromatic carbocycles. The molecule has 40 heavy (non-hydrogen) atoms. The van der Waals surface area contributed by atoms with E-state index in [1.807, 2.05) is 0 Å². The van der Waals surface area contributed by atoms with Crippen LogP contribution in [0.25, 0.3) is 11.1 Å². The molecule has 4 rings (SSSR count). The number of benzene rings is 2. The van der Waals surface area contributed by atoms with Crippen molar-refractivity contribution in [3.8, 4) is 34.1 Å². The minimum Gasteiger partial charge on any atom is -0.493 e. The van der Waals surface area contributed by atoms with Crippen molar-refractivity contribution in [3.05, 3.63) is 34.4 Å². The molecule has 6 heteroatoms. The van der Waals surface area contributed by atoms with Gasteiger partial charge in [0.15, 0.2) is 23.0 Å². The first-order valence-electron chi connectivity index (χ1n) is 14.6. The van der Waals surface area contributed by atoms with Crippen LogP contribution in [0, 0.1) is 10.8 Å². The van der Waals surface area contributed by atoms with E-state index in [0.717, 1.165) is 49.7 Å². The van der Waals surface area contributed by atoms with Crippen LogP contribution in [-0.4, -0.2) is 38.7 Å². The lowest BCUT2D eigenvalue weighted by atomic mass is 9.64. The number of hydrogen-bond acceptors (Lipinski definition) is 6. The Balaban J connectivity index is 2.11. The maximum atomic E-state index is 10.8. The Morgan fingerprint density at radius 3 is 1.10 bits per heavy atom. The van der Waals surface area contributed by atoms with E-state index >= 15 is 0 Å². The molecule has 2 N–H and O–H groups in total. The average Bonchev–Trinajstić information content (AvgIpc) is 3.37. The highest BCUT2D eigenvalue weighted by Gasteiger charge is 2.50. The summed E-state index contributed by atoms with van der Waals surface area (Å²) in [6.07, 6.45) is 6.52. The molecule has 0 spiro atoms. The number of aliphatic hydroxyl groups excluding tert-OH is 2. The summed E-state index contributed by atoms with van der Waals surface area (Å²) in [5.74, 6) is 2.38. The smallest absolute Gasteiger partial charge is 0.169 e. The van der Waals surface area contributed by atoms with Crippen LogP contribution in [0.3, 0.4) is 0 Å². The van der Waals surface area contributed by atoms with Crippen LogP contribution in [0.5, 0.6) is 23.0 Å². The molecule has 0 saturated heterocycles. The first-order valence-corrected chi connectivity index (χ1v) is 14.6. The second kappa shape index (κ2) is 10.8. The molecular formula is C34H50O6. The summed E-state index contributed by atoms with van der Waals surface area (Å²) in [6.45, 7) is 13.4. The zero-order valence-electron chi connectivity index (χ0n) is 26.3. The minimum absolute atomic E-state index is 0.0435. The summed E-state index contributed by atoms with van der Waals surface area (Å²) in [4.78, 5) is 0. The summed E-state index contributed by atoms with van der Waals surface area (Å²) in [6, 6.07) is 4.15. The van der Waals surface area contributed by atoms with Gasteiger partial charge in [-0.2, -0.15) is 0 Å². The Bertz CT molecular complexity index is 1160. The van der Waals surface area contributed by atoms with Crippen LogP contribution in [-0.2, 0) is 24.0 Å². The van der Waals surface area contributed by atoms with Crippen molar-refractivity contribution in [1.82, 2.24) is 0 Å². The van der Waals surface area contributed by atoms with E-state index in [4.69, 9.17) is 18.9 Å². The lowest BCUT2D eigenvalue weighted by Crippen LogP contribution is -2.35. The molecule has 2 aliphatic carbocycles. The van der Waals surface area contributed by atoms with Crippen LogP contribution < -0.4 is 18.9 Å². The molecule has 0 bridgehead atoms. The van der Waals surface area contributed by atoms with E-state index in [1.165, 1.54) is 0 Å². The fourth-order valence-electron chi connectivity index (χ4n) is 7.79. The van der Waals surface area contributed by atoms with Gasteiger partial charge in [-0.15, -0.1) is 0 Å². The Hall–Kier alpha value is -2.44. The van der Waals surface area contributed by atoms with Gasteiger partial charge in [0.1, 0.15) is 0 Å². The number of methoxy groups -OCH3 is 4. The van der Waals surface area contributed by atoms with Gasteiger partial charge < -0.3 is 29.2 Å². The van der Waals surface area contributed by atoms with Crippen molar-refractivity contribution in [2.45, 2.75) is 104 Å². The van der Waals surface area contributed by atoms with Crippen LogP contribution in [0.4, 0.5) is 0 Å². The highest BCUT2D eigenvalue weighted by atomic mass is 16.5. The summed E-state index contributed by atoms with van der Waals surface area (Å²) in [7, 11) is 6.61. The Morgan fingerprint density at radius 2 is 0.875 bits per heavy atom. The zero-order chi connectivity index (χ0) is 29.7. The van der Waals surface area contributed by atoms with E-state index in [-0.39, 0.29) is 34.9 Å². The van der Waals surface area contributed by atoms with Crippen molar-refractivity contribution in [2.75, 3.05) is 28.4 Å². The molecule has 0 aliphatic heterocycles. The number of rotatable bonds is 9. The van der Waals surface area contributed by atoms with Gasteiger partial charge in [0.05, 0.1) is 41.7 Å². The molecule has 2 aromatic rings. The number of hydrogen-bond donors (Lipinski definition) is 2. The third kappa shape index (κ3) is 4.28. The van der Waals surface area contributed by atoms with Gasteiger partial charge in [-0.05, 0) is 59.8 Å². The maximum absolute atomic E-state index is 10.8. The normalized spacial score (nSPS) is 25.2. The lowest BCUT2D eigenvalue weighted by molar-refractivity contribution is 0.214. The standard InChI is InChI=1S/C34H50O6/c1-31(2)13-11-15-33(31,5)23-17-21(19-35)25(29(39-9)27(23)37-7)26-22(20-36)18-24(28(38-8)30(26)40-10)34(6)16-12-14-32(34,3)4/h17-18,35-36H,11-16,19-20H2,1-10H3/t33-,34-/m1/s1. The largest absolute Gasteiger partial charge is 0.493 e. The molecule has 2 aliphatic rings. The van der Waals surface area contributed by atoms with Crippen molar-refractivity contribution < 1.29 is 29.2 Å². The third-order valence-corrected chi connectivity index (χ3v) is 11.2. The van der Waals surface area contributed by atoms with E-state index < -0.39 is 0 Å². The van der Waals surface area contributed by atoms with Crippen molar-refractivity contribution in [2.24, 2.45) is 10.8 Å². The molecule has 222 valence electrons. The van der Waals surface area contributed by atoms with Gasteiger partial charge in [-0.3, -0.25) is 0 Å². The quantitative estimate of drug-likeness (QED) is 0.338. The van der Waals surface area contributed by atoms with Gasteiger partial charge in [0.25, 0.3) is 0 Å². The molecule has 0 aromatic heterocycles. The summed E-state index contributed by atoms with van der Waals surface area (Å²) < 4.78 is 24.5. The second-order valence-corrected chi connectivity index (χ2v) is 13.5. The first-order chi connectivity index (χ1) is 18.8. The van der Waals surface area contributed by atoms with Crippen LogP contribution in [0.15, 0.2) is 12.1 Å². The van der Waals surface area contributed by atoms with E-state index in [0.29, 0.717) is 45.3 Å². The van der Waals surface area contributed by atoms with E-state index in [1.54, 1.807) is 28.4 Å². The molecule has 2 fully saturated rings. The lowest BCUT2D eigenvalue weighted by Gasteiger charge is -2.41. The number of ether oxygens (including phenoxy) is 4. The van der Waals surface area contributed by atoms with Gasteiger partial charge in [-0.25, -0.2) is 0 Å². The Labute approximate surface area is 241 Å². The van der Waals surface area contributed by atoms with Crippen LogP contribution in [0.1, 0.15) is 102 Å². The molecule has 0 radical (unpaired) electrons. The monoisotopic (exact) mass is 554 g/mol. The first kappa shape index (κ1) is 30.5. The molecule has 2 atom stereocenters. The Kier molecular flexibility index (Phi) is 8.21. The topological polar surface area (TPSA) is 77.4 Å². The second-order valence-electron chi connectivity index (χ2n) is 13.5. The zero-order valence-corrected chi connectivity index (χ0v) is 26.3. The van der Waals surface area contributed by atoms with E-state index in [9.17, 15) is 10.2 Å². The predicted octanol–water partition coefficient (Wildman–Crippen LogP) is 7.31. The Morgan fingerprint density at radius 1 is 0.550 bits per heavy atom. The molecule has 0 unspecified atom stereocenters. The van der Waals surface area contributed by atoms with Gasteiger partial charge in [0, 0.05) is 33.1 Å². The average molecular weight is 555 g/mol. The van der Waals surface area contributed by atoms with Gasteiger partial charge in [-0.1, -0.05) is 54.4 Å². The molecule has 0 heterocycles. The van der Waals surface area contributed by atoms with Gasteiger partial charge in [0.2, 0.25) is 0 Å².